The summed E-state index contributed by atoms with van der Waals surface area (Å²) in [6.45, 7) is 0. The number of anilines is 1. The SMILES string of the molecule is Nc1onc(-c2ccc3cnccc3c2)c1C[C@@H](N)Cc1ccc(Br)cc1. The first kappa shape index (κ1) is 17.7. The second kappa shape index (κ2) is 7.50. The molecule has 0 spiro atoms. The highest BCUT2D eigenvalue weighted by molar-refractivity contribution is 9.10. The summed E-state index contributed by atoms with van der Waals surface area (Å²) >= 11 is 3.45. The van der Waals surface area contributed by atoms with Gasteiger partial charge in [0.15, 0.2) is 0 Å². The summed E-state index contributed by atoms with van der Waals surface area (Å²) in [5.74, 6) is 0.325. The van der Waals surface area contributed by atoms with Gasteiger partial charge in [-0.2, -0.15) is 0 Å². The maximum atomic E-state index is 6.40. The number of rotatable bonds is 5. The lowest BCUT2D eigenvalue weighted by atomic mass is 9.96. The molecule has 4 rings (SSSR count). The van der Waals surface area contributed by atoms with Crippen LogP contribution in [0.3, 0.4) is 0 Å². The Bertz CT molecular complexity index is 1080. The van der Waals surface area contributed by atoms with Crippen LogP contribution >= 0.6 is 15.9 Å². The van der Waals surface area contributed by atoms with Gasteiger partial charge < -0.3 is 16.0 Å². The van der Waals surface area contributed by atoms with Crippen LogP contribution in [0.2, 0.25) is 0 Å². The Kier molecular flexibility index (Phi) is 4.92. The molecule has 0 amide bonds. The quantitative estimate of drug-likeness (QED) is 0.498. The molecule has 4 aromatic rings. The highest BCUT2D eigenvalue weighted by Gasteiger charge is 2.19. The van der Waals surface area contributed by atoms with E-state index in [2.05, 4.69) is 44.3 Å². The molecule has 136 valence electrons. The smallest absolute Gasteiger partial charge is 0.225 e. The van der Waals surface area contributed by atoms with E-state index in [1.54, 1.807) is 6.20 Å². The molecule has 0 saturated carbocycles. The highest BCUT2D eigenvalue weighted by atomic mass is 79.9. The van der Waals surface area contributed by atoms with E-state index in [9.17, 15) is 0 Å². The average molecular weight is 423 g/mol. The van der Waals surface area contributed by atoms with E-state index >= 15 is 0 Å². The fourth-order valence-electron chi connectivity index (χ4n) is 3.23. The van der Waals surface area contributed by atoms with Crippen molar-refractivity contribution in [3.8, 4) is 11.3 Å². The first-order valence-corrected chi connectivity index (χ1v) is 9.47. The number of nitrogens with two attached hydrogens (primary N) is 2. The first-order valence-electron chi connectivity index (χ1n) is 8.68. The van der Waals surface area contributed by atoms with Gasteiger partial charge in [-0.05, 0) is 48.1 Å². The Hall–Kier alpha value is -2.70. The largest absolute Gasteiger partial charge is 0.367 e. The zero-order valence-electron chi connectivity index (χ0n) is 14.6. The van der Waals surface area contributed by atoms with E-state index < -0.39 is 0 Å². The second-order valence-corrected chi connectivity index (χ2v) is 7.52. The number of fused-ring (bicyclic) bond motifs is 1. The molecule has 0 unspecified atom stereocenters. The van der Waals surface area contributed by atoms with Gasteiger partial charge in [0.05, 0.1) is 0 Å². The molecule has 0 aliphatic rings. The predicted molar refractivity (Wildman–Crippen MR) is 111 cm³/mol. The fraction of sp³-hybridized carbons (Fsp3) is 0.143. The number of hydrogen-bond acceptors (Lipinski definition) is 5. The monoisotopic (exact) mass is 422 g/mol. The van der Waals surface area contributed by atoms with E-state index in [0.29, 0.717) is 12.3 Å². The molecule has 5 nitrogen and oxygen atoms in total. The third-order valence-electron chi connectivity index (χ3n) is 4.61. The van der Waals surface area contributed by atoms with Crippen LogP contribution in [0.5, 0.6) is 0 Å². The maximum Gasteiger partial charge on any atom is 0.225 e. The van der Waals surface area contributed by atoms with Gasteiger partial charge in [-0.1, -0.05) is 45.4 Å². The summed E-state index contributed by atoms with van der Waals surface area (Å²) in [5, 5.41) is 6.35. The third kappa shape index (κ3) is 3.86. The predicted octanol–water partition coefficient (Wildman–Crippen LogP) is 4.35. The summed E-state index contributed by atoms with van der Waals surface area (Å²) in [6.07, 6.45) is 4.96. The summed E-state index contributed by atoms with van der Waals surface area (Å²) in [7, 11) is 0. The summed E-state index contributed by atoms with van der Waals surface area (Å²) in [6, 6.07) is 16.2. The van der Waals surface area contributed by atoms with Crippen LogP contribution < -0.4 is 11.5 Å². The number of nitrogens with zero attached hydrogens (tertiary/aromatic N) is 2. The molecule has 2 aromatic heterocycles. The molecule has 4 N–H and O–H groups in total. The zero-order valence-corrected chi connectivity index (χ0v) is 16.2. The minimum absolute atomic E-state index is 0.0868. The number of halogens is 1. The van der Waals surface area contributed by atoms with Gasteiger partial charge in [0, 0.05) is 39.4 Å². The van der Waals surface area contributed by atoms with Gasteiger partial charge in [0.25, 0.3) is 0 Å². The minimum atomic E-state index is -0.0868. The summed E-state index contributed by atoms with van der Waals surface area (Å²) < 4.78 is 6.34. The lowest BCUT2D eigenvalue weighted by molar-refractivity contribution is 0.438. The minimum Gasteiger partial charge on any atom is -0.367 e. The van der Waals surface area contributed by atoms with Crippen LogP contribution in [0.15, 0.2) is 69.9 Å². The molecule has 0 radical (unpaired) electrons. The van der Waals surface area contributed by atoms with Crippen molar-refractivity contribution in [1.29, 1.82) is 0 Å². The lowest BCUT2D eigenvalue weighted by Crippen LogP contribution is -2.26. The van der Waals surface area contributed by atoms with E-state index in [0.717, 1.165) is 38.5 Å². The van der Waals surface area contributed by atoms with Gasteiger partial charge in [0.2, 0.25) is 5.88 Å². The second-order valence-electron chi connectivity index (χ2n) is 6.61. The summed E-state index contributed by atoms with van der Waals surface area (Å²) in [4.78, 5) is 4.15. The van der Waals surface area contributed by atoms with Crippen molar-refractivity contribution < 1.29 is 4.52 Å². The Morgan fingerprint density at radius 3 is 2.63 bits per heavy atom. The van der Waals surface area contributed by atoms with Crippen LogP contribution in [0.1, 0.15) is 11.1 Å². The van der Waals surface area contributed by atoms with Crippen molar-refractivity contribution in [3.63, 3.8) is 0 Å². The molecule has 2 aromatic carbocycles. The first-order chi connectivity index (χ1) is 13.1. The van der Waals surface area contributed by atoms with Crippen molar-refractivity contribution in [2.75, 3.05) is 5.73 Å². The summed E-state index contributed by atoms with van der Waals surface area (Å²) in [5.41, 5.74) is 16.2. The van der Waals surface area contributed by atoms with E-state index in [1.807, 2.05) is 36.5 Å². The van der Waals surface area contributed by atoms with Crippen molar-refractivity contribution in [1.82, 2.24) is 10.1 Å². The van der Waals surface area contributed by atoms with Crippen LogP contribution in [-0.4, -0.2) is 16.2 Å². The van der Waals surface area contributed by atoms with Crippen LogP contribution in [0, 0.1) is 0 Å². The molecule has 0 aliphatic carbocycles. The Morgan fingerprint density at radius 2 is 1.81 bits per heavy atom. The van der Waals surface area contributed by atoms with Crippen molar-refractivity contribution >= 4 is 32.6 Å². The van der Waals surface area contributed by atoms with Gasteiger partial charge in [-0.25, -0.2) is 0 Å². The topological polar surface area (TPSA) is 91.0 Å². The number of pyridine rings is 1. The average Bonchev–Trinajstić information content (AvgIpc) is 3.03. The van der Waals surface area contributed by atoms with Crippen molar-refractivity contribution in [2.24, 2.45) is 5.73 Å². The molecule has 1 atom stereocenters. The van der Waals surface area contributed by atoms with Gasteiger partial charge in [-0.15, -0.1) is 0 Å². The molecule has 2 heterocycles. The maximum absolute atomic E-state index is 6.40. The van der Waals surface area contributed by atoms with Gasteiger partial charge in [-0.3, -0.25) is 4.98 Å². The normalized spacial score (nSPS) is 12.4. The van der Waals surface area contributed by atoms with E-state index in [1.165, 1.54) is 5.56 Å². The van der Waals surface area contributed by atoms with E-state index in [4.69, 9.17) is 16.0 Å². The fourth-order valence-corrected chi connectivity index (χ4v) is 3.50. The number of hydrogen-bond donors (Lipinski definition) is 2. The van der Waals surface area contributed by atoms with Gasteiger partial charge in [0.1, 0.15) is 5.69 Å². The molecule has 0 bridgehead atoms. The molecule has 27 heavy (non-hydrogen) atoms. The Morgan fingerprint density at radius 1 is 1.00 bits per heavy atom. The van der Waals surface area contributed by atoms with Crippen LogP contribution in [-0.2, 0) is 12.8 Å². The molecular formula is C21H19BrN4O. The molecule has 0 saturated heterocycles. The van der Waals surface area contributed by atoms with Gasteiger partial charge >= 0.3 is 0 Å². The molecule has 6 heteroatoms. The van der Waals surface area contributed by atoms with Crippen molar-refractivity contribution in [3.05, 3.63) is 76.5 Å². The molecular weight excluding hydrogens is 404 g/mol. The van der Waals surface area contributed by atoms with Crippen molar-refractivity contribution in [2.45, 2.75) is 18.9 Å². The number of benzene rings is 2. The molecule has 0 aliphatic heterocycles. The number of nitrogen functional groups attached to an aromatic ring is 1. The lowest BCUT2D eigenvalue weighted by Gasteiger charge is -2.12. The third-order valence-corrected chi connectivity index (χ3v) is 5.14. The molecule has 0 fully saturated rings. The number of aromatic nitrogens is 2. The Balaban J connectivity index is 1.59. The zero-order chi connectivity index (χ0) is 18.8. The standard InChI is InChI=1S/C21H19BrN4O/c22-17-5-1-13(2-6-17)9-18(23)11-19-20(26-27-21(19)24)15-3-4-16-12-25-8-7-14(16)10-15/h1-8,10,12,18H,9,11,23-24H2/t18-/m0/s1. The van der Waals surface area contributed by atoms with Crippen LogP contribution in [0.4, 0.5) is 5.88 Å². The Labute approximate surface area is 165 Å². The van der Waals surface area contributed by atoms with E-state index in [-0.39, 0.29) is 6.04 Å². The van der Waals surface area contributed by atoms with Crippen LogP contribution in [0.25, 0.3) is 22.0 Å². The highest BCUT2D eigenvalue weighted by Crippen LogP contribution is 2.30.